The number of nitrogens with one attached hydrogen (secondary N) is 1. The highest BCUT2D eigenvalue weighted by Crippen LogP contribution is 2.20. The lowest BCUT2D eigenvalue weighted by Gasteiger charge is -2.15. The summed E-state index contributed by atoms with van der Waals surface area (Å²) in [5.41, 5.74) is 2.36. The van der Waals surface area contributed by atoms with Crippen molar-refractivity contribution in [3.05, 3.63) is 90.9 Å². The van der Waals surface area contributed by atoms with Crippen LogP contribution in [-0.4, -0.2) is 15.0 Å². The maximum absolute atomic E-state index is 13.3. The third-order valence-corrected chi connectivity index (χ3v) is 6.11. The first-order valence-corrected chi connectivity index (χ1v) is 10.5. The first kappa shape index (κ1) is 20.1. The maximum Gasteiger partial charge on any atom is 0.336 e. The number of benzene rings is 2. The quantitative estimate of drug-likeness (QED) is 0.519. The molecule has 0 aliphatic rings. The standard InChI is InChI=1S/C22H18ClN3O3S/c1-13-5-3-8-17(14(13)2)26-21(28)20-18(9-10-30-20)25(22(26)29)12-19(27)24-16-7-4-6-15(23)11-16/h3-11H,12H2,1-2H3,(H,24,27). The van der Waals surface area contributed by atoms with Crippen molar-refractivity contribution >= 4 is 44.7 Å². The summed E-state index contributed by atoms with van der Waals surface area (Å²) in [6.07, 6.45) is 0. The number of thiophene rings is 1. The number of anilines is 1. The number of aromatic nitrogens is 2. The topological polar surface area (TPSA) is 73.1 Å². The van der Waals surface area contributed by atoms with Gasteiger partial charge in [0.25, 0.3) is 5.56 Å². The Bertz CT molecular complexity index is 1400. The summed E-state index contributed by atoms with van der Waals surface area (Å²) in [5.74, 6) is -0.391. The molecule has 0 aliphatic carbocycles. The molecule has 2 aromatic carbocycles. The van der Waals surface area contributed by atoms with Gasteiger partial charge in [-0.2, -0.15) is 0 Å². The van der Waals surface area contributed by atoms with Crippen LogP contribution in [0.4, 0.5) is 5.69 Å². The number of carbonyl (C=O) groups is 1. The molecule has 4 rings (SSSR count). The van der Waals surface area contributed by atoms with Crippen molar-refractivity contribution in [1.82, 2.24) is 9.13 Å². The van der Waals surface area contributed by atoms with E-state index in [1.165, 1.54) is 15.9 Å². The zero-order valence-corrected chi connectivity index (χ0v) is 17.9. The second-order valence-electron chi connectivity index (χ2n) is 6.92. The molecule has 0 radical (unpaired) electrons. The Morgan fingerprint density at radius 1 is 1.10 bits per heavy atom. The fraction of sp³-hybridized carbons (Fsp3) is 0.136. The molecule has 8 heteroatoms. The van der Waals surface area contributed by atoms with Gasteiger partial charge in [0, 0.05) is 10.7 Å². The van der Waals surface area contributed by atoms with Gasteiger partial charge in [-0.15, -0.1) is 11.3 Å². The van der Waals surface area contributed by atoms with E-state index in [2.05, 4.69) is 5.32 Å². The van der Waals surface area contributed by atoms with Gasteiger partial charge in [0.1, 0.15) is 11.2 Å². The fourth-order valence-corrected chi connectivity index (χ4v) is 4.36. The van der Waals surface area contributed by atoms with Crippen molar-refractivity contribution in [3.63, 3.8) is 0 Å². The number of halogens is 1. The molecule has 0 bridgehead atoms. The molecule has 0 unspecified atom stereocenters. The summed E-state index contributed by atoms with van der Waals surface area (Å²) in [6.45, 7) is 3.56. The number of hydrogen-bond acceptors (Lipinski definition) is 4. The van der Waals surface area contributed by atoms with Crippen LogP contribution in [0.3, 0.4) is 0 Å². The van der Waals surface area contributed by atoms with Crippen molar-refractivity contribution in [2.24, 2.45) is 0 Å². The first-order valence-electron chi connectivity index (χ1n) is 9.22. The molecular formula is C22H18ClN3O3S. The van der Waals surface area contributed by atoms with Gasteiger partial charge in [0.05, 0.1) is 11.2 Å². The van der Waals surface area contributed by atoms with Crippen LogP contribution in [-0.2, 0) is 11.3 Å². The van der Waals surface area contributed by atoms with Gasteiger partial charge in [0.2, 0.25) is 5.91 Å². The molecule has 0 aliphatic heterocycles. The summed E-state index contributed by atoms with van der Waals surface area (Å²) < 4.78 is 2.90. The molecule has 0 saturated heterocycles. The van der Waals surface area contributed by atoms with E-state index in [9.17, 15) is 14.4 Å². The number of aryl methyl sites for hydroxylation is 1. The van der Waals surface area contributed by atoms with Gasteiger partial charge in [-0.1, -0.05) is 29.8 Å². The molecular weight excluding hydrogens is 422 g/mol. The van der Waals surface area contributed by atoms with E-state index in [0.717, 1.165) is 15.7 Å². The lowest BCUT2D eigenvalue weighted by Crippen LogP contribution is -2.40. The van der Waals surface area contributed by atoms with Gasteiger partial charge in [0.15, 0.2) is 0 Å². The second-order valence-corrected chi connectivity index (χ2v) is 8.27. The average Bonchev–Trinajstić information content (AvgIpc) is 3.18. The predicted octanol–water partition coefficient (Wildman–Crippen LogP) is 4.12. The summed E-state index contributed by atoms with van der Waals surface area (Å²) in [6, 6.07) is 13.9. The molecule has 30 heavy (non-hydrogen) atoms. The Morgan fingerprint density at radius 3 is 2.63 bits per heavy atom. The lowest BCUT2D eigenvalue weighted by molar-refractivity contribution is -0.116. The lowest BCUT2D eigenvalue weighted by atomic mass is 10.1. The van der Waals surface area contributed by atoms with Crippen molar-refractivity contribution in [3.8, 4) is 5.69 Å². The molecule has 6 nitrogen and oxygen atoms in total. The molecule has 4 aromatic rings. The van der Waals surface area contributed by atoms with Crippen molar-refractivity contribution in [1.29, 1.82) is 0 Å². The van der Waals surface area contributed by atoms with Crippen LogP contribution in [0.1, 0.15) is 11.1 Å². The number of rotatable bonds is 4. The van der Waals surface area contributed by atoms with Crippen LogP contribution in [0, 0.1) is 13.8 Å². The average molecular weight is 440 g/mol. The number of hydrogen-bond donors (Lipinski definition) is 1. The third-order valence-electron chi connectivity index (χ3n) is 4.98. The molecule has 0 fully saturated rings. The van der Waals surface area contributed by atoms with Crippen molar-refractivity contribution in [2.45, 2.75) is 20.4 Å². The van der Waals surface area contributed by atoms with Crippen LogP contribution < -0.4 is 16.6 Å². The molecule has 152 valence electrons. The summed E-state index contributed by atoms with van der Waals surface area (Å²) in [7, 11) is 0. The van der Waals surface area contributed by atoms with Crippen LogP contribution in [0.2, 0.25) is 5.02 Å². The number of carbonyl (C=O) groups excluding carboxylic acids is 1. The number of nitrogens with zero attached hydrogens (tertiary/aromatic N) is 2. The molecule has 2 heterocycles. The van der Waals surface area contributed by atoms with Gasteiger partial charge < -0.3 is 5.32 Å². The van der Waals surface area contributed by atoms with Crippen molar-refractivity contribution in [2.75, 3.05) is 5.32 Å². The van der Waals surface area contributed by atoms with Crippen LogP contribution in [0.15, 0.2) is 63.5 Å². The van der Waals surface area contributed by atoms with E-state index in [4.69, 9.17) is 11.6 Å². The van der Waals surface area contributed by atoms with Gasteiger partial charge in [-0.05, 0) is 60.7 Å². The van der Waals surface area contributed by atoms with Gasteiger partial charge in [-0.25, -0.2) is 9.36 Å². The summed E-state index contributed by atoms with van der Waals surface area (Å²) in [4.78, 5) is 39.1. The SMILES string of the molecule is Cc1cccc(-n2c(=O)c3sccc3n(CC(=O)Nc3cccc(Cl)c3)c2=O)c1C. The van der Waals surface area contributed by atoms with Gasteiger partial charge >= 0.3 is 5.69 Å². The minimum Gasteiger partial charge on any atom is -0.324 e. The third kappa shape index (κ3) is 3.58. The highest BCUT2D eigenvalue weighted by Gasteiger charge is 2.19. The van der Waals surface area contributed by atoms with Crippen LogP contribution in [0.25, 0.3) is 15.9 Å². The van der Waals surface area contributed by atoms with Crippen molar-refractivity contribution < 1.29 is 4.79 Å². The smallest absolute Gasteiger partial charge is 0.324 e. The zero-order valence-electron chi connectivity index (χ0n) is 16.3. The second kappa shape index (κ2) is 7.93. The molecule has 0 saturated carbocycles. The summed E-state index contributed by atoms with van der Waals surface area (Å²) >= 11 is 7.21. The first-order chi connectivity index (χ1) is 14.4. The van der Waals surface area contributed by atoms with E-state index >= 15 is 0 Å². The Labute approximate surface area is 181 Å². The normalized spacial score (nSPS) is 11.0. The fourth-order valence-electron chi connectivity index (χ4n) is 3.34. The largest absolute Gasteiger partial charge is 0.336 e. The minimum absolute atomic E-state index is 0.232. The van der Waals surface area contributed by atoms with Crippen LogP contribution in [0.5, 0.6) is 0 Å². The number of fused-ring (bicyclic) bond motifs is 1. The van der Waals surface area contributed by atoms with E-state index in [1.807, 2.05) is 19.9 Å². The monoisotopic (exact) mass is 439 g/mol. The molecule has 0 spiro atoms. The Morgan fingerprint density at radius 2 is 1.87 bits per heavy atom. The predicted molar refractivity (Wildman–Crippen MR) is 121 cm³/mol. The molecule has 2 aromatic heterocycles. The van der Waals surface area contributed by atoms with E-state index in [0.29, 0.717) is 26.6 Å². The van der Waals surface area contributed by atoms with Gasteiger partial charge in [-0.3, -0.25) is 14.2 Å². The Balaban J connectivity index is 1.83. The highest BCUT2D eigenvalue weighted by molar-refractivity contribution is 7.17. The van der Waals surface area contributed by atoms with E-state index < -0.39 is 11.6 Å². The molecule has 1 amide bonds. The molecule has 1 N–H and O–H groups in total. The highest BCUT2D eigenvalue weighted by atomic mass is 35.5. The number of amides is 1. The van der Waals surface area contributed by atoms with E-state index in [1.54, 1.807) is 47.8 Å². The van der Waals surface area contributed by atoms with Crippen LogP contribution >= 0.6 is 22.9 Å². The Kier molecular flexibility index (Phi) is 5.32. The maximum atomic E-state index is 13.3. The Hall–Kier alpha value is -3.16. The molecule has 0 atom stereocenters. The zero-order chi connectivity index (χ0) is 21.4. The summed E-state index contributed by atoms with van der Waals surface area (Å²) in [5, 5.41) is 4.98. The minimum atomic E-state index is -0.555. The van der Waals surface area contributed by atoms with E-state index in [-0.39, 0.29) is 12.1 Å².